The van der Waals surface area contributed by atoms with Crippen LogP contribution in [-0.4, -0.2) is 44.2 Å². The van der Waals surface area contributed by atoms with Crippen LogP contribution in [0.25, 0.3) is 0 Å². The fraction of sp³-hybridized carbons (Fsp3) is 0.478. The SMILES string of the molecule is COc1ccc(N2CC[C@@H](OCC(C)(C)O)[C@H]2c2cccc(OC)c2C)cc1. The minimum absolute atomic E-state index is 0.0145. The van der Waals surface area contributed by atoms with E-state index in [2.05, 4.69) is 30.0 Å². The van der Waals surface area contributed by atoms with Gasteiger partial charge in [0.15, 0.2) is 0 Å². The van der Waals surface area contributed by atoms with Crippen molar-refractivity contribution < 1.29 is 19.3 Å². The molecule has 0 radical (unpaired) electrons. The van der Waals surface area contributed by atoms with Crippen molar-refractivity contribution in [3.05, 3.63) is 53.6 Å². The molecule has 1 heterocycles. The molecule has 1 aliphatic rings. The van der Waals surface area contributed by atoms with E-state index in [4.69, 9.17) is 14.2 Å². The number of benzene rings is 2. The van der Waals surface area contributed by atoms with Crippen LogP contribution in [0, 0.1) is 6.92 Å². The van der Waals surface area contributed by atoms with Crippen molar-refractivity contribution in [3.8, 4) is 11.5 Å². The smallest absolute Gasteiger partial charge is 0.122 e. The first-order valence-electron chi connectivity index (χ1n) is 9.72. The predicted octanol–water partition coefficient (Wildman–Crippen LogP) is 4.12. The van der Waals surface area contributed by atoms with E-state index < -0.39 is 5.60 Å². The highest BCUT2D eigenvalue weighted by Gasteiger charge is 2.38. The topological polar surface area (TPSA) is 51.2 Å². The van der Waals surface area contributed by atoms with Crippen molar-refractivity contribution in [1.82, 2.24) is 0 Å². The first-order valence-corrected chi connectivity index (χ1v) is 9.72. The van der Waals surface area contributed by atoms with E-state index in [0.717, 1.165) is 35.7 Å². The van der Waals surface area contributed by atoms with Crippen molar-refractivity contribution in [2.24, 2.45) is 0 Å². The van der Waals surface area contributed by atoms with E-state index in [1.165, 1.54) is 5.56 Å². The Morgan fingerprint density at radius 3 is 2.39 bits per heavy atom. The summed E-state index contributed by atoms with van der Waals surface area (Å²) in [6, 6.07) is 14.3. The molecule has 0 spiro atoms. The Bertz CT molecular complexity index is 782. The van der Waals surface area contributed by atoms with E-state index in [0.29, 0.717) is 6.61 Å². The van der Waals surface area contributed by atoms with E-state index in [-0.39, 0.29) is 12.1 Å². The fourth-order valence-corrected chi connectivity index (χ4v) is 3.85. The fourth-order valence-electron chi connectivity index (χ4n) is 3.85. The number of hydrogen-bond acceptors (Lipinski definition) is 5. The maximum atomic E-state index is 10.1. The molecule has 0 saturated carbocycles. The third-order valence-electron chi connectivity index (χ3n) is 5.26. The summed E-state index contributed by atoms with van der Waals surface area (Å²) in [7, 11) is 3.37. The summed E-state index contributed by atoms with van der Waals surface area (Å²) in [5.74, 6) is 1.72. The van der Waals surface area contributed by atoms with E-state index in [9.17, 15) is 5.11 Å². The lowest BCUT2D eigenvalue weighted by atomic mass is 9.96. The van der Waals surface area contributed by atoms with Crippen LogP contribution in [0.2, 0.25) is 0 Å². The summed E-state index contributed by atoms with van der Waals surface area (Å²) in [6.45, 7) is 6.81. The molecule has 2 aromatic carbocycles. The van der Waals surface area contributed by atoms with Gasteiger partial charge in [0.2, 0.25) is 0 Å². The molecule has 1 N–H and O–H groups in total. The summed E-state index contributed by atoms with van der Waals surface area (Å²) in [4.78, 5) is 2.37. The summed E-state index contributed by atoms with van der Waals surface area (Å²) >= 11 is 0. The lowest BCUT2D eigenvalue weighted by molar-refractivity contribution is -0.0550. The number of aliphatic hydroxyl groups is 1. The van der Waals surface area contributed by atoms with Crippen molar-refractivity contribution in [1.29, 1.82) is 0 Å². The second kappa shape index (κ2) is 8.41. The second-order valence-corrected chi connectivity index (χ2v) is 7.96. The molecule has 0 amide bonds. The molecule has 1 saturated heterocycles. The molecular formula is C23H31NO4. The number of methoxy groups -OCH3 is 2. The molecule has 0 unspecified atom stereocenters. The average molecular weight is 386 g/mol. The first kappa shape index (κ1) is 20.5. The Hall–Kier alpha value is -2.24. The third kappa shape index (κ3) is 4.42. The van der Waals surface area contributed by atoms with E-state index in [1.807, 2.05) is 24.3 Å². The maximum absolute atomic E-state index is 10.1. The van der Waals surface area contributed by atoms with Gasteiger partial charge < -0.3 is 24.2 Å². The molecule has 152 valence electrons. The summed E-state index contributed by atoms with van der Waals surface area (Å²) < 4.78 is 17.1. The van der Waals surface area contributed by atoms with Gasteiger partial charge in [0, 0.05) is 12.2 Å². The van der Waals surface area contributed by atoms with Crippen molar-refractivity contribution in [3.63, 3.8) is 0 Å². The standard InChI is InChI=1S/C23H31NO4/c1-16-19(7-6-8-20(16)27-5)22-21(28-15-23(2,3)25)13-14-24(22)17-9-11-18(26-4)12-10-17/h6-12,21-22,25H,13-15H2,1-5H3/t21-,22-/m1/s1. The Labute approximate surface area is 167 Å². The van der Waals surface area contributed by atoms with Crippen LogP contribution in [0.5, 0.6) is 11.5 Å². The van der Waals surface area contributed by atoms with Gasteiger partial charge in [-0.1, -0.05) is 12.1 Å². The number of hydrogen-bond donors (Lipinski definition) is 1. The zero-order valence-electron chi connectivity index (χ0n) is 17.4. The Morgan fingerprint density at radius 1 is 1.07 bits per heavy atom. The highest BCUT2D eigenvalue weighted by molar-refractivity contribution is 5.55. The number of rotatable bonds is 7. The van der Waals surface area contributed by atoms with Crippen LogP contribution in [0.3, 0.4) is 0 Å². The first-order chi connectivity index (χ1) is 13.3. The zero-order valence-corrected chi connectivity index (χ0v) is 17.4. The van der Waals surface area contributed by atoms with Gasteiger partial charge in [-0.05, 0) is 68.7 Å². The van der Waals surface area contributed by atoms with Gasteiger partial charge in [-0.15, -0.1) is 0 Å². The second-order valence-electron chi connectivity index (χ2n) is 7.96. The molecule has 0 bridgehead atoms. The van der Waals surface area contributed by atoms with Crippen LogP contribution in [-0.2, 0) is 4.74 Å². The zero-order chi connectivity index (χ0) is 20.3. The molecule has 1 aliphatic heterocycles. The van der Waals surface area contributed by atoms with Crippen molar-refractivity contribution in [2.75, 3.05) is 32.3 Å². The van der Waals surface area contributed by atoms with Gasteiger partial charge in [0.1, 0.15) is 11.5 Å². The quantitative estimate of drug-likeness (QED) is 0.777. The highest BCUT2D eigenvalue weighted by atomic mass is 16.5. The molecule has 3 rings (SSSR count). The van der Waals surface area contributed by atoms with E-state index >= 15 is 0 Å². The minimum atomic E-state index is -0.860. The molecule has 28 heavy (non-hydrogen) atoms. The Morgan fingerprint density at radius 2 is 1.79 bits per heavy atom. The van der Waals surface area contributed by atoms with Gasteiger partial charge in [-0.25, -0.2) is 0 Å². The van der Waals surface area contributed by atoms with Gasteiger partial charge in [-0.3, -0.25) is 0 Å². The average Bonchev–Trinajstić information content (AvgIpc) is 3.10. The summed E-state index contributed by atoms with van der Waals surface area (Å²) in [5, 5.41) is 10.1. The minimum Gasteiger partial charge on any atom is -0.497 e. The maximum Gasteiger partial charge on any atom is 0.122 e. The summed E-state index contributed by atoms with van der Waals surface area (Å²) in [6.07, 6.45) is 0.878. The normalized spacial score (nSPS) is 19.7. The molecule has 2 aromatic rings. The van der Waals surface area contributed by atoms with Gasteiger partial charge in [0.25, 0.3) is 0 Å². The highest BCUT2D eigenvalue weighted by Crippen LogP contribution is 2.41. The van der Waals surface area contributed by atoms with Crippen LogP contribution < -0.4 is 14.4 Å². The Kier molecular flexibility index (Phi) is 6.16. The van der Waals surface area contributed by atoms with Crippen LogP contribution in [0.15, 0.2) is 42.5 Å². The number of nitrogens with zero attached hydrogens (tertiary/aromatic N) is 1. The van der Waals surface area contributed by atoms with Gasteiger partial charge in [-0.2, -0.15) is 0 Å². The lowest BCUT2D eigenvalue weighted by Gasteiger charge is -2.32. The van der Waals surface area contributed by atoms with E-state index in [1.54, 1.807) is 28.1 Å². The predicted molar refractivity (Wildman–Crippen MR) is 111 cm³/mol. The van der Waals surface area contributed by atoms with Gasteiger partial charge >= 0.3 is 0 Å². The van der Waals surface area contributed by atoms with Crippen LogP contribution in [0.4, 0.5) is 5.69 Å². The van der Waals surface area contributed by atoms with Crippen molar-refractivity contribution in [2.45, 2.75) is 44.9 Å². The number of anilines is 1. The van der Waals surface area contributed by atoms with Gasteiger partial charge in [0.05, 0.1) is 38.6 Å². The summed E-state index contributed by atoms with van der Waals surface area (Å²) in [5.41, 5.74) is 2.57. The molecule has 1 fully saturated rings. The molecule has 2 atom stereocenters. The molecule has 5 heteroatoms. The number of ether oxygens (including phenoxy) is 3. The van der Waals surface area contributed by atoms with Crippen LogP contribution >= 0.6 is 0 Å². The monoisotopic (exact) mass is 385 g/mol. The van der Waals surface area contributed by atoms with Crippen LogP contribution in [0.1, 0.15) is 37.4 Å². The Balaban J connectivity index is 1.97. The largest absolute Gasteiger partial charge is 0.497 e. The lowest BCUT2D eigenvalue weighted by Crippen LogP contribution is -2.34. The molecule has 0 aliphatic carbocycles. The molecule has 5 nitrogen and oxygen atoms in total. The molecule has 0 aromatic heterocycles. The van der Waals surface area contributed by atoms with Crippen molar-refractivity contribution >= 4 is 5.69 Å². The third-order valence-corrected chi connectivity index (χ3v) is 5.26. The molecular weight excluding hydrogens is 354 g/mol.